The maximum atomic E-state index is 12.0. The first-order valence-electron chi connectivity index (χ1n) is 20.2. The second-order valence-corrected chi connectivity index (χ2v) is 13.3. The summed E-state index contributed by atoms with van der Waals surface area (Å²) in [5.74, 6) is 0.226. The number of rotatable bonds is 38. The second kappa shape index (κ2) is 40.5. The van der Waals surface area contributed by atoms with Crippen LogP contribution in [0.2, 0.25) is 0 Å². The van der Waals surface area contributed by atoms with Crippen molar-refractivity contribution in [3.05, 3.63) is 24.3 Å². The zero-order valence-corrected chi connectivity index (χ0v) is 31.3. The molecular weight excluding hydrogens is 582 g/mol. The molecule has 0 fully saturated rings. The minimum absolute atomic E-state index is 0.113. The Morgan fingerprint density at radius 3 is 0.979 bits per heavy atom. The second-order valence-electron chi connectivity index (χ2n) is 13.3. The van der Waals surface area contributed by atoms with Crippen LogP contribution in [0.1, 0.15) is 194 Å². The van der Waals surface area contributed by atoms with Gasteiger partial charge in [0.15, 0.2) is 0 Å². The summed E-state index contributed by atoms with van der Waals surface area (Å²) in [7, 11) is 0. The van der Waals surface area contributed by atoms with Gasteiger partial charge in [-0.15, -0.1) is 0 Å². The average molecular weight is 662 g/mol. The van der Waals surface area contributed by atoms with Gasteiger partial charge in [0.05, 0.1) is 13.3 Å². The lowest BCUT2D eigenvalue weighted by Crippen LogP contribution is -2.43. The molecule has 0 bridgehead atoms. The number of amides is 2. The van der Waals surface area contributed by atoms with Crippen LogP contribution < -0.4 is 26.6 Å². The normalized spacial score (nSPS) is 11.6. The molecule has 0 saturated carbocycles. The standard InChI is InChI=1S/C40H79N5O2/c1-3-5-7-9-11-13-15-17-19-21-23-25-27-29-31-33-39(46)44-37-42-35-41-36-43-38-45-40(47)34-32-30-28-26-24-22-20-18-16-14-12-10-8-6-4-2/h17-20,41-43H,3-16,21-38H2,1-2H3,(H,44,46)(H,45,47). The average Bonchev–Trinajstić information content (AvgIpc) is 3.07. The molecule has 0 aromatic heterocycles. The van der Waals surface area contributed by atoms with Crippen LogP contribution in [0.5, 0.6) is 0 Å². The Morgan fingerprint density at radius 1 is 0.362 bits per heavy atom. The molecule has 0 heterocycles. The van der Waals surface area contributed by atoms with Gasteiger partial charge in [0.2, 0.25) is 11.8 Å². The topological polar surface area (TPSA) is 94.3 Å². The van der Waals surface area contributed by atoms with Crippen LogP contribution >= 0.6 is 0 Å². The highest BCUT2D eigenvalue weighted by atomic mass is 16.2. The van der Waals surface area contributed by atoms with Crippen LogP contribution in [0, 0.1) is 0 Å². The van der Waals surface area contributed by atoms with Gasteiger partial charge in [-0.05, 0) is 64.2 Å². The number of allylic oxidation sites excluding steroid dienone is 4. The van der Waals surface area contributed by atoms with Crippen molar-refractivity contribution < 1.29 is 9.59 Å². The molecule has 276 valence electrons. The monoisotopic (exact) mass is 662 g/mol. The zero-order valence-electron chi connectivity index (χ0n) is 31.3. The van der Waals surface area contributed by atoms with Gasteiger partial charge in [0, 0.05) is 26.2 Å². The highest BCUT2D eigenvalue weighted by Gasteiger charge is 2.01. The number of carbonyl (C=O) groups excluding carboxylic acids is 2. The molecule has 0 radical (unpaired) electrons. The molecule has 0 aliphatic rings. The predicted octanol–water partition coefficient (Wildman–Crippen LogP) is 9.89. The smallest absolute Gasteiger partial charge is 0.220 e. The Hall–Kier alpha value is -1.70. The van der Waals surface area contributed by atoms with Gasteiger partial charge < -0.3 is 10.6 Å². The molecule has 0 aliphatic heterocycles. The fourth-order valence-electron chi connectivity index (χ4n) is 5.58. The summed E-state index contributed by atoms with van der Waals surface area (Å²) >= 11 is 0. The molecular formula is C40H79N5O2. The molecule has 5 N–H and O–H groups in total. The zero-order chi connectivity index (χ0) is 34.1. The van der Waals surface area contributed by atoms with Gasteiger partial charge in [-0.25, -0.2) is 0 Å². The largest absolute Gasteiger partial charge is 0.344 e. The lowest BCUT2D eigenvalue weighted by Gasteiger charge is -2.10. The summed E-state index contributed by atoms with van der Waals surface area (Å²) in [6, 6.07) is 0. The molecule has 7 heteroatoms. The highest BCUT2D eigenvalue weighted by Crippen LogP contribution is 2.11. The summed E-state index contributed by atoms with van der Waals surface area (Å²) in [6.07, 6.45) is 43.6. The number of hydrogen-bond donors (Lipinski definition) is 5. The van der Waals surface area contributed by atoms with E-state index in [1.165, 1.54) is 141 Å². The number of carbonyl (C=O) groups is 2. The van der Waals surface area contributed by atoms with Gasteiger partial charge in [-0.1, -0.05) is 141 Å². The molecule has 7 nitrogen and oxygen atoms in total. The third-order valence-electron chi connectivity index (χ3n) is 8.65. The van der Waals surface area contributed by atoms with E-state index < -0.39 is 0 Å². The van der Waals surface area contributed by atoms with Crippen molar-refractivity contribution in [1.82, 2.24) is 26.6 Å². The summed E-state index contributed by atoms with van der Waals surface area (Å²) in [6.45, 7) is 6.64. The molecule has 0 saturated heterocycles. The SMILES string of the molecule is CCCCCCCCC=CCCCCCCCC(=O)NCNCNCNCNC(=O)CCCCCCCC=CCCCCCCCC. The van der Waals surface area contributed by atoms with Gasteiger partial charge >= 0.3 is 0 Å². The Bertz CT molecular complexity index is 655. The first kappa shape index (κ1) is 45.3. The molecule has 0 aliphatic carbocycles. The van der Waals surface area contributed by atoms with E-state index >= 15 is 0 Å². The van der Waals surface area contributed by atoms with E-state index in [4.69, 9.17) is 0 Å². The van der Waals surface area contributed by atoms with Crippen LogP contribution in [0.3, 0.4) is 0 Å². The number of unbranched alkanes of at least 4 members (excludes halogenated alkanes) is 22. The van der Waals surface area contributed by atoms with Crippen LogP contribution in [0.4, 0.5) is 0 Å². The van der Waals surface area contributed by atoms with E-state index in [1.807, 2.05) is 0 Å². The van der Waals surface area contributed by atoms with Crippen LogP contribution in [0.15, 0.2) is 24.3 Å². The van der Waals surface area contributed by atoms with Crippen LogP contribution in [0.25, 0.3) is 0 Å². The summed E-state index contributed by atoms with van der Waals surface area (Å²) in [5, 5.41) is 15.4. The highest BCUT2D eigenvalue weighted by molar-refractivity contribution is 5.76. The number of nitrogens with one attached hydrogen (secondary N) is 5. The van der Waals surface area contributed by atoms with E-state index in [1.54, 1.807) is 0 Å². The van der Waals surface area contributed by atoms with E-state index in [2.05, 4.69) is 64.7 Å². The van der Waals surface area contributed by atoms with Gasteiger partial charge in [-0.3, -0.25) is 25.5 Å². The molecule has 0 aromatic carbocycles. The van der Waals surface area contributed by atoms with E-state index in [0.717, 1.165) is 25.7 Å². The fraction of sp³-hybridized carbons (Fsp3) is 0.850. The minimum atomic E-state index is 0.113. The lowest BCUT2D eigenvalue weighted by atomic mass is 10.1. The molecule has 0 atom stereocenters. The first-order valence-corrected chi connectivity index (χ1v) is 20.2. The van der Waals surface area contributed by atoms with Gasteiger partial charge in [0.1, 0.15) is 0 Å². The molecule has 47 heavy (non-hydrogen) atoms. The molecule has 0 spiro atoms. The van der Waals surface area contributed by atoms with E-state index in [-0.39, 0.29) is 11.8 Å². The Balaban J connectivity index is 3.30. The third-order valence-corrected chi connectivity index (χ3v) is 8.65. The first-order chi connectivity index (χ1) is 23.2. The summed E-state index contributed by atoms with van der Waals surface area (Å²) < 4.78 is 0. The third kappa shape index (κ3) is 40.4. The maximum absolute atomic E-state index is 12.0. The molecule has 2 amide bonds. The fourth-order valence-corrected chi connectivity index (χ4v) is 5.58. The molecule has 0 unspecified atom stereocenters. The maximum Gasteiger partial charge on any atom is 0.220 e. The van der Waals surface area contributed by atoms with Crippen LogP contribution in [-0.4, -0.2) is 38.5 Å². The Kier molecular flexibility index (Phi) is 39.0. The Labute approximate surface area is 292 Å². The molecule has 0 aromatic rings. The predicted molar refractivity (Wildman–Crippen MR) is 204 cm³/mol. The van der Waals surface area contributed by atoms with E-state index in [0.29, 0.717) is 39.5 Å². The van der Waals surface area contributed by atoms with E-state index in [9.17, 15) is 9.59 Å². The van der Waals surface area contributed by atoms with Crippen molar-refractivity contribution >= 4 is 11.8 Å². The summed E-state index contributed by atoms with van der Waals surface area (Å²) in [4.78, 5) is 24.0. The van der Waals surface area contributed by atoms with Gasteiger partial charge in [0.25, 0.3) is 0 Å². The molecule has 0 rings (SSSR count). The quantitative estimate of drug-likeness (QED) is 0.0258. The van der Waals surface area contributed by atoms with Crippen molar-refractivity contribution in [2.24, 2.45) is 0 Å². The number of hydrogen-bond acceptors (Lipinski definition) is 5. The van der Waals surface area contributed by atoms with Crippen LogP contribution in [-0.2, 0) is 9.59 Å². The van der Waals surface area contributed by atoms with Gasteiger partial charge in [-0.2, -0.15) is 0 Å². The summed E-state index contributed by atoms with van der Waals surface area (Å²) in [5.41, 5.74) is 0. The van der Waals surface area contributed by atoms with Crippen molar-refractivity contribution in [3.63, 3.8) is 0 Å². The van der Waals surface area contributed by atoms with Crippen molar-refractivity contribution in [1.29, 1.82) is 0 Å². The Morgan fingerprint density at radius 2 is 0.638 bits per heavy atom. The van der Waals surface area contributed by atoms with Crippen molar-refractivity contribution in [2.75, 3.05) is 26.7 Å². The minimum Gasteiger partial charge on any atom is -0.344 e. The van der Waals surface area contributed by atoms with Crippen molar-refractivity contribution in [2.45, 2.75) is 194 Å². The lowest BCUT2D eigenvalue weighted by molar-refractivity contribution is -0.122. The van der Waals surface area contributed by atoms with Crippen molar-refractivity contribution in [3.8, 4) is 0 Å².